The van der Waals surface area contributed by atoms with Crippen LogP contribution in [-0.2, 0) is 14.3 Å². The second kappa shape index (κ2) is 10.8. The molecule has 2 heterocycles. The Kier molecular flexibility index (Phi) is 7.28. The van der Waals surface area contributed by atoms with E-state index in [1.807, 2.05) is 73.6 Å². The molecule has 0 bridgehead atoms. The molecular weight excluding hydrogens is 518 g/mol. The molecule has 0 radical (unpaired) electrons. The van der Waals surface area contributed by atoms with Crippen molar-refractivity contribution in [2.75, 3.05) is 61.3 Å². The molecule has 3 amide bonds. The van der Waals surface area contributed by atoms with Crippen molar-refractivity contribution in [1.82, 2.24) is 4.90 Å². The molecule has 10 heteroatoms. The number of amides is 3. The maximum atomic E-state index is 13.2. The van der Waals surface area contributed by atoms with Crippen LogP contribution >= 0.6 is 11.6 Å². The number of benzene rings is 3. The van der Waals surface area contributed by atoms with Crippen LogP contribution in [0.25, 0.3) is 11.3 Å². The van der Waals surface area contributed by atoms with E-state index in [-0.39, 0.29) is 17.9 Å². The Labute approximate surface area is 231 Å². The Morgan fingerprint density at radius 3 is 2.38 bits per heavy atom. The third kappa shape index (κ3) is 5.45. The topological polar surface area (TPSA) is 94.2 Å². The minimum absolute atomic E-state index is 0.0246. The molecule has 1 fully saturated rings. The Morgan fingerprint density at radius 1 is 1.03 bits per heavy atom. The molecule has 0 spiro atoms. The van der Waals surface area contributed by atoms with E-state index in [0.717, 1.165) is 22.5 Å². The first-order chi connectivity index (χ1) is 18.7. The van der Waals surface area contributed by atoms with Gasteiger partial charge in [0.15, 0.2) is 0 Å². The lowest BCUT2D eigenvalue weighted by Gasteiger charge is -2.21. The fourth-order valence-corrected chi connectivity index (χ4v) is 4.71. The second-order valence-corrected chi connectivity index (χ2v) is 10.0. The van der Waals surface area contributed by atoms with Crippen LogP contribution in [0.4, 0.5) is 27.5 Å². The fraction of sp³-hybridized carbons (Fsp3) is 0.207. The SMILES string of the molecule is CN(C)CC(=O)N(C)c1ccc(N/C(=C2\C(=O)Nc3cc(Cl)ccc32)c2ccc(N3CCOC3=O)cc2)cc1. The highest BCUT2D eigenvalue weighted by molar-refractivity contribution is 6.38. The van der Waals surface area contributed by atoms with Gasteiger partial charge in [0.2, 0.25) is 5.91 Å². The van der Waals surface area contributed by atoms with Gasteiger partial charge in [-0.15, -0.1) is 0 Å². The van der Waals surface area contributed by atoms with Crippen LogP contribution in [0.15, 0.2) is 66.7 Å². The van der Waals surface area contributed by atoms with Crippen LogP contribution in [0.1, 0.15) is 11.1 Å². The summed E-state index contributed by atoms with van der Waals surface area (Å²) < 4.78 is 5.06. The van der Waals surface area contributed by atoms with Crippen molar-refractivity contribution in [2.45, 2.75) is 0 Å². The van der Waals surface area contributed by atoms with Gasteiger partial charge in [0.1, 0.15) is 6.61 Å². The first kappa shape index (κ1) is 26.3. The predicted octanol–water partition coefficient (Wildman–Crippen LogP) is 4.75. The van der Waals surface area contributed by atoms with Gasteiger partial charge in [-0.1, -0.05) is 29.8 Å². The van der Waals surface area contributed by atoms with Gasteiger partial charge in [0.25, 0.3) is 5.91 Å². The minimum Gasteiger partial charge on any atom is -0.447 e. The zero-order valence-electron chi connectivity index (χ0n) is 21.8. The van der Waals surface area contributed by atoms with Gasteiger partial charge in [-0.2, -0.15) is 0 Å². The number of anilines is 4. The summed E-state index contributed by atoms with van der Waals surface area (Å²) in [6.45, 7) is 1.14. The monoisotopic (exact) mass is 545 g/mol. The zero-order chi connectivity index (χ0) is 27.7. The third-order valence-electron chi connectivity index (χ3n) is 6.55. The van der Waals surface area contributed by atoms with Crippen molar-refractivity contribution in [1.29, 1.82) is 0 Å². The number of nitrogens with zero attached hydrogens (tertiary/aromatic N) is 3. The normalized spacial score (nSPS) is 15.7. The van der Waals surface area contributed by atoms with Crippen LogP contribution < -0.4 is 20.4 Å². The number of carbonyl (C=O) groups is 3. The molecule has 0 aromatic heterocycles. The molecule has 2 aliphatic heterocycles. The quantitative estimate of drug-likeness (QED) is 0.416. The van der Waals surface area contributed by atoms with E-state index in [2.05, 4.69) is 10.6 Å². The summed E-state index contributed by atoms with van der Waals surface area (Å²) in [6, 6.07) is 20.1. The zero-order valence-corrected chi connectivity index (χ0v) is 22.6. The summed E-state index contributed by atoms with van der Waals surface area (Å²) in [4.78, 5) is 42.7. The summed E-state index contributed by atoms with van der Waals surface area (Å²) in [5, 5.41) is 6.84. The van der Waals surface area contributed by atoms with Crippen molar-refractivity contribution >= 4 is 63.5 Å². The van der Waals surface area contributed by atoms with E-state index in [9.17, 15) is 14.4 Å². The van der Waals surface area contributed by atoms with Gasteiger partial charge in [0, 0.05) is 34.7 Å². The van der Waals surface area contributed by atoms with Crippen LogP contribution in [0.5, 0.6) is 0 Å². The van der Waals surface area contributed by atoms with Gasteiger partial charge in [0.05, 0.1) is 30.0 Å². The molecule has 1 saturated heterocycles. The van der Waals surface area contributed by atoms with Crippen molar-refractivity contribution in [2.24, 2.45) is 0 Å². The summed E-state index contributed by atoms with van der Waals surface area (Å²) in [5.74, 6) is -0.281. The minimum atomic E-state index is -0.380. The fourth-order valence-electron chi connectivity index (χ4n) is 4.54. The molecule has 200 valence electrons. The highest BCUT2D eigenvalue weighted by Crippen LogP contribution is 2.39. The Hall–Kier alpha value is -4.34. The smallest absolute Gasteiger partial charge is 0.414 e. The first-order valence-corrected chi connectivity index (χ1v) is 12.8. The number of rotatable bonds is 7. The molecular formula is C29H28ClN5O4. The molecule has 2 aliphatic rings. The van der Waals surface area contributed by atoms with E-state index >= 15 is 0 Å². The van der Waals surface area contributed by atoms with Crippen LogP contribution in [-0.4, -0.2) is 63.6 Å². The Bertz CT molecular complexity index is 1470. The number of cyclic esters (lactones) is 1. The lowest BCUT2D eigenvalue weighted by atomic mass is 9.99. The van der Waals surface area contributed by atoms with Gasteiger partial charge in [-0.3, -0.25) is 14.5 Å². The van der Waals surface area contributed by atoms with Gasteiger partial charge in [-0.05, 0) is 68.2 Å². The van der Waals surface area contributed by atoms with Crippen molar-refractivity contribution < 1.29 is 19.1 Å². The maximum Gasteiger partial charge on any atom is 0.414 e. The lowest BCUT2D eigenvalue weighted by molar-refractivity contribution is -0.119. The average molecular weight is 546 g/mol. The standard InChI is InChI=1S/C29H28ClN5O4/c1-33(2)17-25(36)34(3)21-11-7-20(8-12-21)31-27(26-23-13-6-19(30)16-24(23)32-28(26)37)18-4-9-22(10-5-18)35-14-15-39-29(35)38/h4-13,16,31H,14-15,17H2,1-3H3,(H,32,37)/b27-26-. The summed E-state index contributed by atoms with van der Waals surface area (Å²) >= 11 is 6.17. The van der Waals surface area contributed by atoms with Crippen LogP contribution in [0.2, 0.25) is 5.02 Å². The number of likely N-dealkylation sites (N-methyl/N-ethyl adjacent to an activating group) is 2. The van der Waals surface area contributed by atoms with E-state index in [4.69, 9.17) is 16.3 Å². The summed E-state index contributed by atoms with van der Waals surface area (Å²) in [5.41, 5.74) is 5.37. The summed E-state index contributed by atoms with van der Waals surface area (Å²) in [6.07, 6.45) is -0.380. The molecule has 2 N–H and O–H groups in total. The predicted molar refractivity (Wildman–Crippen MR) is 154 cm³/mol. The number of carbonyl (C=O) groups excluding carboxylic acids is 3. The average Bonchev–Trinajstić information content (AvgIpc) is 3.48. The molecule has 0 aliphatic carbocycles. The molecule has 0 saturated carbocycles. The van der Waals surface area contributed by atoms with E-state index in [0.29, 0.717) is 47.4 Å². The molecule has 3 aromatic carbocycles. The number of halogens is 1. The van der Waals surface area contributed by atoms with Crippen LogP contribution in [0, 0.1) is 0 Å². The molecule has 5 rings (SSSR count). The molecule has 0 unspecified atom stereocenters. The Morgan fingerprint density at radius 2 is 1.74 bits per heavy atom. The van der Waals surface area contributed by atoms with E-state index in [1.165, 1.54) is 0 Å². The van der Waals surface area contributed by atoms with E-state index in [1.54, 1.807) is 29.0 Å². The summed E-state index contributed by atoms with van der Waals surface area (Å²) in [7, 11) is 5.44. The molecule has 9 nitrogen and oxygen atoms in total. The Balaban J connectivity index is 1.51. The third-order valence-corrected chi connectivity index (χ3v) is 6.79. The molecule has 0 atom stereocenters. The maximum absolute atomic E-state index is 13.2. The van der Waals surface area contributed by atoms with Gasteiger partial charge < -0.3 is 25.2 Å². The van der Waals surface area contributed by atoms with Crippen molar-refractivity contribution in [3.8, 4) is 0 Å². The van der Waals surface area contributed by atoms with Gasteiger partial charge in [-0.25, -0.2) is 4.79 Å². The van der Waals surface area contributed by atoms with Crippen molar-refractivity contribution in [3.05, 3.63) is 82.9 Å². The van der Waals surface area contributed by atoms with Crippen LogP contribution in [0.3, 0.4) is 0 Å². The number of nitrogens with one attached hydrogen (secondary N) is 2. The second-order valence-electron chi connectivity index (χ2n) is 9.57. The highest BCUT2D eigenvalue weighted by atomic mass is 35.5. The highest BCUT2D eigenvalue weighted by Gasteiger charge is 2.29. The van der Waals surface area contributed by atoms with E-state index < -0.39 is 0 Å². The van der Waals surface area contributed by atoms with Gasteiger partial charge >= 0.3 is 6.09 Å². The molecule has 39 heavy (non-hydrogen) atoms. The lowest BCUT2D eigenvalue weighted by Crippen LogP contribution is -2.34. The molecule has 3 aromatic rings. The first-order valence-electron chi connectivity index (χ1n) is 12.4. The number of ether oxygens (including phenoxy) is 1. The largest absolute Gasteiger partial charge is 0.447 e. The van der Waals surface area contributed by atoms with Crippen molar-refractivity contribution in [3.63, 3.8) is 0 Å². The number of hydrogen-bond acceptors (Lipinski definition) is 6. The number of hydrogen-bond donors (Lipinski definition) is 2. The number of fused-ring (bicyclic) bond motifs is 1.